The Morgan fingerprint density at radius 2 is 1.84 bits per heavy atom. The third-order valence-electron chi connectivity index (χ3n) is 4.86. The third-order valence-corrected chi connectivity index (χ3v) is 6.32. The summed E-state index contributed by atoms with van der Waals surface area (Å²) in [5.41, 5.74) is 0.750. The predicted octanol–water partition coefficient (Wildman–Crippen LogP) is 4.29. The monoisotopic (exact) mass is 456 g/mol. The van der Waals surface area contributed by atoms with Gasteiger partial charge in [0, 0.05) is 41.3 Å². The molecule has 3 heterocycles. The van der Waals surface area contributed by atoms with Crippen LogP contribution in [-0.4, -0.2) is 34.9 Å². The van der Waals surface area contributed by atoms with E-state index in [0.29, 0.717) is 11.0 Å². The van der Waals surface area contributed by atoms with Gasteiger partial charge in [0.1, 0.15) is 17.2 Å². The number of ketones is 1. The van der Waals surface area contributed by atoms with Gasteiger partial charge in [-0.3, -0.25) is 14.5 Å². The number of aromatic amines is 1. The van der Waals surface area contributed by atoms with Crippen LogP contribution in [0.25, 0.3) is 22.2 Å². The molecular weight excluding hydrogens is 438 g/mol. The maximum Gasteiger partial charge on any atom is 0.232 e. The van der Waals surface area contributed by atoms with Crippen molar-refractivity contribution in [1.29, 1.82) is 0 Å². The summed E-state index contributed by atoms with van der Waals surface area (Å²) >= 11 is 0. The number of nitrogens with one attached hydrogen (secondary N) is 2. The van der Waals surface area contributed by atoms with Crippen LogP contribution < -0.4 is 4.72 Å². The van der Waals surface area contributed by atoms with Crippen LogP contribution in [0, 0.1) is 11.6 Å². The highest BCUT2D eigenvalue weighted by Gasteiger charge is 2.24. The number of carbonyl (C=O) groups is 1. The molecule has 3 aromatic heterocycles. The van der Waals surface area contributed by atoms with E-state index in [1.165, 1.54) is 6.20 Å². The minimum Gasteiger partial charge on any atom is -0.345 e. The maximum atomic E-state index is 15.1. The minimum atomic E-state index is -3.96. The summed E-state index contributed by atoms with van der Waals surface area (Å²) in [5.74, 6) is -3.43. The van der Waals surface area contributed by atoms with E-state index in [4.69, 9.17) is 0 Å². The predicted molar refractivity (Wildman–Crippen MR) is 117 cm³/mol. The first-order valence-corrected chi connectivity index (χ1v) is 11.4. The van der Waals surface area contributed by atoms with Crippen molar-refractivity contribution < 1.29 is 22.0 Å². The molecule has 0 atom stereocenters. The molecule has 0 radical (unpaired) electrons. The van der Waals surface area contributed by atoms with Crippen LogP contribution in [0.4, 0.5) is 14.5 Å². The normalized spacial score (nSPS) is 11.6. The summed E-state index contributed by atoms with van der Waals surface area (Å²) in [4.78, 5) is 24.3. The van der Waals surface area contributed by atoms with Crippen molar-refractivity contribution in [2.45, 2.75) is 13.3 Å². The second-order valence-electron chi connectivity index (χ2n) is 7.09. The van der Waals surface area contributed by atoms with Crippen LogP contribution in [-0.2, 0) is 10.0 Å². The lowest BCUT2D eigenvalue weighted by Gasteiger charge is -2.11. The Morgan fingerprint density at radius 1 is 1.09 bits per heavy atom. The second kappa shape index (κ2) is 8.46. The third kappa shape index (κ3) is 4.09. The van der Waals surface area contributed by atoms with E-state index in [2.05, 4.69) is 15.0 Å². The van der Waals surface area contributed by atoms with Gasteiger partial charge in [-0.2, -0.15) is 0 Å². The van der Waals surface area contributed by atoms with E-state index in [1.54, 1.807) is 43.7 Å². The molecule has 32 heavy (non-hydrogen) atoms. The molecule has 2 N–H and O–H groups in total. The Morgan fingerprint density at radius 3 is 2.56 bits per heavy atom. The summed E-state index contributed by atoms with van der Waals surface area (Å²) in [6, 6.07) is 7.14. The summed E-state index contributed by atoms with van der Waals surface area (Å²) < 4.78 is 55.2. The number of hydrogen-bond donors (Lipinski definition) is 2. The molecule has 0 spiro atoms. The van der Waals surface area contributed by atoms with Crippen molar-refractivity contribution in [3.05, 3.63) is 77.9 Å². The van der Waals surface area contributed by atoms with Crippen LogP contribution in [0.2, 0.25) is 0 Å². The van der Waals surface area contributed by atoms with E-state index in [9.17, 15) is 17.6 Å². The van der Waals surface area contributed by atoms with Crippen LogP contribution in [0.15, 0.2) is 55.1 Å². The Kier molecular flexibility index (Phi) is 5.70. The lowest BCUT2D eigenvalue weighted by molar-refractivity contribution is 0.103. The van der Waals surface area contributed by atoms with Gasteiger partial charge in [0.25, 0.3) is 0 Å². The Labute approximate surface area is 182 Å². The fourth-order valence-corrected chi connectivity index (χ4v) is 4.47. The Balaban J connectivity index is 1.77. The van der Waals surface area contributed by atoms with Crippen molar-refractivity contribution in [2.75, 3.05) is 10.5 Å². The molecule has 0 aliphatic rings. The van der Waals surface area contributed by atoms with Crippen molar-refractivity contribution in [2.24, 2.45) is 0 Å². The number of anilines is 1. The van der Waals surface area contributed by atoms with E-state index < -0.39 is 38.7 Å². The van der Waals surface area contributed by atoms with Gasteiger partial charge in [-0.1, -0.05) is 6.92 Å². The zero-order valence-electron chi connectivity index (χ0n) is 16.9. The number of sulfonamides is 1. The van der Waals surface area contributed by atoms with Crippen LogP contribution in [0.1, 0.15) is 29.3 Å². The minimum absolute atomic E-state index is 0.122. The molecule has 0 unspecified atom stereocenters. The Bertz CT molecular complexity index is 1420. The molecule has 0 aliphatic heterocycles. The van der Waals surface area contributed by atoms with E-state index in [0.717, 1.165) is 23.3 Å². The highest BCUT2D eigenvalue weighted by atomic mass is 32.2. The number of carbonyl (C=O) groups excluding carboxylic acids is 1. The standard InChI is InChI=1S/C22H18F2N4O3S/c1-2-9-32(30,31)28-20-18(23)4-3-15(19(20)24)21(29)17-12-27-22-16(17)10-14(11-26-22)13-5-7-25-8-6-13/h3-8,10-12,28H,2,9H2,1H3,(H,26,27). The average Bonchev–Trinajstić information content (AvgIpc) is 3.20. The number of rotatable bonds is 7. The first-order valence-electron chi connectivity index (χ1n) is 9.71. The molecule has 4 rings (SSSR count). The average molecular weight is 456 g/mol. The van der Waals surface area contributed by atoms with E-state index >= 15 is 4.39 Å². The zero-order valence-corrected chi connectivity index (χ0v) is 17.7. The molecule has 4 aromatic rings. The number of H-pyrrole nitrogens is 1. The van der Waals surface area contributed by atoms with Crippen molar-refractivity contribution in [1.82, 2.24) is 15.0 Å². The number of pyridine rings is 2. The molecular formula is C22H18F2N4O3S. The van der Waals surface area contributed by atoms with Gasteiger partial charge < -0.3 is 4.98 Å². The van der Waals surface area contributed by atoms with Crippen LogP contribution >= 0.6 is 0 Å². The maximum absolute atomic E-state index is 15.1. The molecule has 0 bridgehead atoms. The molecule has 0 aliphatic carbocycles. The highest BCUT2D eigenvalue weighted by Crippen LogP contribution is 2.29. The lowest BCUT2D eigenvalue weighted by atomic mass is 10.0. The molecule has 0 saturated carbocycles. The molecule has 0 fully saturated rings. The lowest BCUT2D eigenvalue weighted by Crippen LogP contribution is -2.19. The van der Waals surface area contributed by atoms with E-state index in [-0.39, 0.29) is 17.7 Å². The Hall–Kier alpha value is -3.66. The molecule has 0 amide bonds. The second-order valence-corrected chi connectivity index (χ2v) is 8.93. The summed E-state index contributed by atoms with van der Waals surface area (Å²) in [7, 11) is -3.96. The van der Waals surface area contributed by atoms with Gasteiger partial charge in [0.05, 0.1) is 11.3 Å². The summed E-state index contributed by atoms with van der Waals surface area (Å²) in [6.07, 6.45) is 6.52. The molecule has 10 heteroatoms. The fraction of sp³-hybridized carbons (Fsp3) is 0.136. The number of hydrogen-bond acceptors (Lipinski definition) is 5. The quantitative estimate of drug-likeness (QED) is 0.404. The number of halogens is 2. The first kappa shape index (κ1) is 21.6. The van der Waals surface area contributed by atoms with Crippen molar-refractivity contribution in [3.8, 4) is 11.1 Å². The number of aromatic nitrogens is 3. The number of nitrogens with zero attached hydrogens (tertiary/aromatic N) is 2. The van der Waals surface area contributed by atoms with Gasteiger partial charge in [-0.25, -0.2) is 22.2 Å². The smallest absolute Gasteiger partial charge is 0.232 e. The van der Waals surface area contributed by atoms with Crippen molar-refractivity contribution >= 4 is 32.5 Å². The van der Waals surface area contributed by atoms with Gasteiger partial charge in [-0.05, 0) is 42.3 Å². The summed E-state index contributed by atoms with van der Waals surface area (Å²) in [6.45, 7) is 1.62. The van der Waals surface area contributed by atoms with Crippen LogP contribution in [0.3, 0.4) is 0 Å². The molecule has 7 nitrogen and oxygen atoms in total. The van der Waals surface area contributed by atoms with Gasteiger partial charge in [0.2, 0.25) is 10.0 Å². The zero-order chi connectivity index (χ0) is 22.9. The van der Waals surface area contributed by atoms with Gasteiger partial charge in [0.15, 0.2) is 11.6 Å². The number of benzene rings is 1. The first-order chi connectivity index (χ1) is 15.3. The van der Waals surface area contributed by atoms with Gasteiger partial charge in [-0.15, -0.1) is 0 Å². The SMILES string of the molecule is CCCS(=O)(=O)Nc1c(F)ccc(C(=O)c2c[nH]c3ncc(-c4ccncc4)cc23)c1F. The molecule has 0 saturated heterocycles. The topological polar surface area (TPSA) is 105 Å². The molecule has 1 aromatic carbocycles. The van der Waals surface area contributed by atoms with Crippen molar-refractivity contribution in [3.63, 3.8) is 0 Å². The fourth-order valence-electron chi connectivity index (χ4n) is 3.34. The largest absolute Gasteiger partial charge is 0.345 e. The number of fused-ring (bicyclic) bond motifs is 1. The van der Waals surface area contributed by atoms with Crippen LogP contribution in [0.5, 0.6) is 0 Å². The highest BCUT2D eigenvalue weighted by molar-refractivity contribution is 7.92. The van der Waals surface area contributed by atoms with Gasteiger partial charge >= 0.3 is 0 Å². The summed E-state index contributed by atoms with van der Waals surface area (Å²) in [5, 5.41) is 0.446. The molecule has 164 valence electrons. The van der Waals surface area contributed by atoms with E-state index in [1.807, 2.05) is 4.72 Å².